The van der Waals surface area contributed by atoms with E-state index in [9.17, 15) is 4.79 Å². The van der Waals surface area contributed by atoms with Gasteiger partial charge in [0.1, 0.15) is 0 Å². The number of carbonyl (C=O) groups is 1. The van der Waals surface area contributed by atoms with Gasteiger partial charge in [0.25, 0.3) is 5.91 Å². The van der Waals surface area contributed by atoms with Crippen molar-refractivity contribution in [2.75, 3.05) is 31.8 Å². The van der Waals surface area contributed by atoms with Gasteiger partial charge in [0.2, 0.25) is 0 Å². The summed E-state index contributed by atoms with van der Waals surface area (Å²) in [5.74, 6) is 0.505. The maximum Gasteiger partial charge on any atom is 0.253 e. The van der Waals surface area contributed by atoms with E-state index in [1.165, 1.54) is 0 Å². The second kappa shape index (κ2) is 5.95. The highest BCUT2D eigenvalue weighted by Crippen LogP contribution is 2.27. The Labute approximate surface area is 116 Å². The summed E-state index contributed by atoms with van der Waals surface area (Å²) in [6.07, 6.45) is 0. The maximum atomic E-state index is 11.9. The van der Waals surface area contributed by atoms with Crippen LogP contribution in [0, 0.1) is 5.92 Å². The molecule has 1 aromatic carbocycles. The van der Waals surface area contributed by atoms with Crippen LogP contribution in [0.2, 0.25) is 0 Å². The topological polar surface area (TPSA) is 49.6 Å². The predicted octanol–water partition coefficient (Wildman–Crippen LogP) is 2.45. The first-order valence-electron chi connectivity index (χ1n) is 6.59. The lowest BCUT2D eigenvalue weighted by atomic mass is 10.0. The van der Waals surface area contributed by atoms with Crippen molar-refractivity contribution in [1.29, 1.82) is 0 Å². The molecule has 0 aliphatic carbocycles. The molecule has 0 aromatic heterocycles. The van der Waals surface area contributed by atoms with Crippen LogP contribution in [-0.2, 0) is 0 Å². The smallest absolute Gasteiger partial charge is 0.253 e. The molecule has 0 bridgehead atoms. The van der Waals surface area contributed by atoms with Crippen molar-refractivity contribution in [3.05, 3.63) is 23.8 Å². The van der Waals surface area contributed by atoms with E-state index in [-0.39, 0.29) is 5.91 Å². The monoisotopic (exact) mass is 263 g/mol. The number of hydrogen-bond donors (Lipinski definition) is 1. The summed E-state index contributed by atoms with van der Waals surface area (Å²) in [6.45, 7) is 6.53. The Bertz CT molecular complexity index is 455. The molecule has 2 N–H and O–H groups in total. The van der Waals surface area contributed by atoms with Crippen LogP contribution in [0.5, 0.6) is 0 Å². The summed E-state index contributed by atoms with van der Waals surface area (Å²) in [7, 11) is 5.50. The van der Waals surface area contributed by atoms with Gasteiger partial charge in [-0.05, 0) is 31.0 Å². The fraction of sp³-hybridized carbons (Fsp3) is 0.533. The molecule has 0 spiro atoms. The summed E-state index contributed by atoms with van der Waals surface area (Å²) in [5, 5.41) is 0. The average molecular weight is 263 g/mol. The first-order valence-corrected chi connectivity index (χ1v) is 6.59. The fourth-order valence-electron chi connectivity index (χ4n) is 1.93. The number of rotatable bonds is 4. The number of carbonyl (C=O) groups excluding carboxylic acids is 1. The van der Waals surface area contributed by atoms with E-state index in [4.69, 9.17) is 5.73 Å². The molecule has 4 heteroatoms. The minimum Gasteiger partial charge on any atom is -0.397 e. The molecule has 1 amide bonds. The third-order valence-electron chi connectivity index (χ3n) is 3.64. The fourth-order valence-corrected chi connectivity index (χ4v) is 1.93. The zero-order valence-electron chi connectivity index (χ0n) is 12.8. The largest absolute Gasteiger partial charge is 0.397 e. The van der Waals surface area contributed by atoms with Crippen LogP contribution in [0.4, 0.5) is 11.4 Å². The van der Waals surface area contributed by atoms with Crippen LogP contribution in [0.25, 0.3) is 0 Å². The van der Waals surface area contributed by atoms with Gasteiger partial charge in [-0.2, -0.15) is 0 Å². The number of amides is 1. The van der Waals surface area contributed by atoms with Gasteiger partial charge < -0.3 is 15.5 Å². The van der Waals surface area contributed by atoms with Crippen LogP contribution >= 0.6 is 0 Å². The summed E-state index contributed by atoms with van der Waals surface area (Å²) in [5.41, 5.74) is 8.32. The van der Waals surface area contributed by atoms with Crippen molar-refractivity contribution in [2.45, 2.75) is 26.8 Å². The van der Waals surface area contributed by atoms with Crippen molar-refractivity contribution < 1.29 is 4.79 Å². The van der Waals surface area contributed by atoms with Gasteiger partial charge in [0.05, 0.1) is 11.4 Å². The van der Waals surface area contributed by atoms with E-state index in [2.05, 4.69) is 25.7 Å². The molecular formula is C15H25N3O. The minimum atomic E-state index is -0.0298. The van der Waals surface area contributed by atoms with Gasteiger partial charge in [0.15, 0.2) is 0 Å². The third-order valence-corrected chi connectivity index (χ3v) is 3.64. The molecule has 1 atom stereocenters. The SMILES string of the molecule is CC(C)C(C)N(C)c1ccc(C(=O)N(C)C)cc1N. The molecule has 19 heavy (non-hydrogen) atoms. The van der Waals surface area contributed by atoms with Crippen molar-refractivity contribution in [2.24, 2.45) is 5.92 Å². The Kier molecular flexibility index (Phi) is 4.81. The van der Waals surface area contributed by atoms with E-state index >= 15 is 0 Å². The second-order valence-corrected chi connectivity index (χ2v) is 5.57. The zero-order chi connectivity index (χ0) is 14.7. The highest BCUT2D eigenvalue weighted by atomic mass is 16.2. The molecule has 0 heterocycles. The lowest BCUT2D eigenvalue weighted by Crippen LogP contribution is -2.33. The van der Waals surface area contributed by atoms with Crippen LogP contribution in [-0.4, -0.2) is 38.0 Å². The minimum absolute atomic E-state index is 0.0298. The molecule has 106 valence electrons. The van der Waals surface area contributed by atoms with Crippen molar-refractivity contribution in [3.63, 3.8) is 0 Å². The number of benzene rings is 1. The molecular weight excluding hydrogens is 238 g/mol. The lowest BCUT2D eigenvalue weighted by molar-refractivity contribution is 0.0827. The summed E-state index contributed by atoms with van der Waals surface area (Å²) in [6, 6.07) is 5.89. The van der Waals surface area contributed by atoms with Crippen molar-refractivity contribution >= 4 is 17.3 Å². The molecule has 0 aliphatic rings. The van der Waals surface area contributed by atoms with E-state index in [1.807, 2.05) is 19.2 Å². The summed E-state index contributed by atoms with van der Waals surface area (Å²) in [4.78, 5) is 15.6. The van der Waals surface area contributed by atoms with Gasteiger partial charge >= 0.3 is 0 Å². The highest BCUT2D eigenvalue weighted by molar-refractivity contribution is 5.95. The van der Waals surface area contributed by atoms with Crippen LogP contribution in [0.15, 0.2) is 18.2 Å². The number of anilines is 2. The Morgan fingerprint density at radius 3 is 2.16 bits per heavy atom. The van der Waals surface area contributed by atoms with Crippen molar-refractivity contribution in [1.82, 2.24) is 4.90 Å². The van der Waals surface area contributed by atoms with Crippen LogP contribution < -0.4 is 10.6 Å². The normalized spacial score (nSPS) is 12.4. The standard InChI is InChI=1S/C15H25N3O/c1-10(2)11(3)18(6)14-8-7-12(9-13(14)16)15(19)17(4)5/h7-11H,16H2,1-6H3. The lowest BCUT2D eigenvalue weighted by Gasteiger charge is -2.31. The quantitative estimate of drug-likeness (QED) is 0.849. The number of nitrogens with zero attached hydrogens (tertiary/aromatic N) is 2. The second-order valence-electron chi connectivity index (χ2n) is 5.57. The van der Waals surface area contributed by atoms with E-state index < -0.39 is 0 Å². The average Bonchev–Trinajstić information content (AvgIpc) is 2.35. The Morgan fingerprint density at radius 2 is 1.74 bits per heavy atom. The Balaban J connectivity index is 3.04. The Hall–Kier alpha value is -1.71. The summed E-state index contributed by atoms with van der Waals surface area (Å²) >= 11 is 0. The first-order chi connectivity index (χ1) is 8.75. The Morgan fingerprint density at radius 1 is 1.16 bits per heavy atom. The van der Waals surface area contributed by atoms with Gasteiger partial charge in [0, 0.05) is 32.7 Å². The highest BCUT2D eigenvalue weighted by Gasteiger charge is 2.17. The van der Waals surface area contributed by atoms with E-state index in [1.54, 1.807) is 25.1 Å². The first kappa shape index (κ1) is 15.3. The van der Waals surface area contributed by atoms with Gasteiger partial charge in [-0.25, -0.2) is 0 Å². The van der Waals surface area contributed by atoms with Crippen LogP contribution in [0.1, 0.15) is 31.1 Å². The molecule has 0 saturated heterocycles. The van der Waals surface area contributed by atoms with Crippen molar-refractivity contribution in [3.8, 4) is 0 Å². The number of nitrogens with two attached hydrogens (primary N) is 1. The number of hydrogen-bond acceptors (Lipinski definition) is 3. The molecule has 1 rings (SSSR count). The molecule has 0 aliphatic heterocycles. The third kappa shape index (κ3) is 3.40. The molecule has 4 nitrogen and oxygen atoms in total. The molecule has 1 unspecified atom stereocenters. The van der Waals surface area contributed by atoms with E-state index in [0.29, 0.717) is 23.2 Å². The van der Waals surface area contributed by atoms with Gasteiger partial charge in [-0.1, -0.05) is 13.8 Å². The number of nitrogen functional groups attached to an aromatic ring is 1. The molecule has 0 saturated carbocycles. The van der Waals surface area contributed by atoms with Crippen LogP contribution in [0.3, 0.4) is 0 Å². The molecule has 0 fully saturated rings. The van der Waals surface area contributed by atoms with E-state index in [0.717, 1.165) is 5.69 Å². The maximum absolute atomic E-state index is 11.9. The zero-order valence-corrected chi connectivity index (χ0v) is 12.8. The van der Waals surface area contributed by atoms with Gasteiger partial charge in [-0.3, -0.25) is 4.79 Å². The molecule has 0 radical (unpaired) electrons. The summed E-state index contributed by atoms with van der Waals surface area (Å²) < 4.78 is 0. The van der Waals surface area contributed by atoms with Gasteiger partial charge in [-0.15, -0.1) is 0 Å². The molecule has 1 aromatic rings. The predicted molar refractivity (Wildman–Crippen MR) is 81.6 cm³/mol.